The van der Waals surface area contributed by atoms with Gasteiger partial charge in [0.05, 0.1) is 0 Å². The Morgan fingerprint density at radius 1 is 1.05 bits per heavy atom. The van der Waals surface area contributed by atoms with Crippen LogP contribution in [0.15, 0.2) is 47.3 Å². The van der Waals surface area contributed by atoms with Gasteiger partial charge in [0.25, 0.3) is 0 Å². The zero-order chi connectivity index (χ0) is 12.8. The van der Waals surface area contributed by atoms with Gasteiger partial charge < -0.3 is 0 Å². The van der Waals surface area contributed by atoms with Gasteiger partial charge in [-0.25, -0.2) is 0 Å². The van der Waals surface area contributed by atoms with E-state index in [1.165, 1.54) is 0 Å². The quantitative estimate of drug-likeness (QED) is 0.539. The van der Waals surface area contributed by atoms with Crippen LogP contribution in [0.3, 0.4) is 0 Å². The molecule has 6 heteroatoms. The zero-order valence-corrected chi connectivity index (χ0v) is 11.4. The first kappa shape index (κ1) is 10.7. The second kappa shape index (κ2) is 3.91. The second-order valence-electron chi connectivity index (χ2n) is 4.18. The number of hydrogen-bond donors (Lipinski definition) is 1. The van der Waals surface area contributed by atoms with Crippen LogP contribution in [0.25, 0.3) is 26.4 Å². The normalized spacial score (nSPS) is 11.4. The summed E-state index contributed by atoms with van der Waals surface area (Å²) in [6.45, 7) is 0. The number of H-pyrrole nitrogens is 1. The molecule has 2 heterocycles. The molecule has 4 rings (SSSR count). The molecule has 0 radical (unpaired) electrons. The first-order valence-corrected chi connectivity index (χ1v) is 7.37. The summed E-state index contributed by atoms with van der Waals surface area (Å²) in [7, 11) is 0. The van der Waals surface area contributed by atoms with Crippen LogP contribution >= 0.6 is 0 Å². The summed E-state index contributed by atoms with van der Waals surface area (Å²) >= 11 is -0.00884. The monoisotopic (exact) mass is 316 g/mol. The number of aromatic amines is 1. The molecule has 0 bridgehead atoms. The average molecular weight is 315 g/mol. The molecular weight excluding hydrogens is 307 g/mol. The Bertz CT molecular complexity index is 950. The van der Waals surface area contributed by atoms with Gasteiger partial charge in [0, 0.05) is 0 Å². The van der Waals surface area contributed by atoms with Crippen molar-refractivity contribution in [1.29, 1.82) is 0 Å². The van der Waals surface area contributed by atoms with E-state index in [1.54, 1.807) is 0 Å². The van der Waals surface area contributed by atoms with Crippen molar-refractivity contribution in [3.63, 3.8) is 0 Å². The molecule has 0 fully saturated rings. The van der Waals surface area contributed by atoms with Crippen LogP contribution in [0.1, 0.15) is 0 Å². The van der Waals surface area contributed by atoms with Gasteiger partial charge >= 0.3 is 113 Å². The molecule has 0 spiro atoms. The van der Waals surface area contributed by atoms with Gasteiger partial charge in [0.2, 0.25) is 0 Å². The molecule has 92 valence electrons. The molecule has 0 saturated heterocycles. The average Bonchev–Trinajstić information content (AvgIpc) is 3.03. The number of nitrogens with zero attached hydrogens (tertiary/aromatic N) is 3. The van der Waals surface area contributed by atoms with Crippen molar-refractivity contribution < 1.29 is 0 Å². The summed E-state index contributed by atoms with van der Waals surface area (Å²) in [5.74, 6) is 0. The molecule has 5 nitrogen and oxygen atoms in total. The molecule has 4 aromatic rings. The molecule has 0 atom stereocenters. The number of rotatable bonds is 1. The molecule has 19 heavy (non-hydrogen) atoms. The van der Waals surface area contributed by atoms with E-state index in [0.29, 0.717) is 0 Å². The summed E-state index contributed by atoms with van der Waals surface area (Å²) in [6, 6.07) is 13.5. The van der Waals surface area contributed by atoms with Gasteiger partial charge in [-0.2, -0.15) is 0 Å². The molecule has 0 amide bonds. The van der Waals surface area contributed by atoms with E-state index >= 15 is 0 Å². The molecule has 0 unspecified atom stereocenters. The summed E-state index contributed by atoms with van der Waals surface area (Å²) in [4.78, 5) is 12.4. The minimum absolute atomic E-state index is 0.00884. The van der Waals surface area contributed by atoms with Crippen LogP contribution in [0.2, 0.25) is 0 Å². The van der Waals surface area contributed by atoms with Crippen molar-refractivity contribution in [3.8, 4) is 5.69 Å². The van der Waals surface area contributed by atoms with Crippen LogP contribution in [-0.4, -0.2) is 33.7 Å². The minimum atomic E-state index is -0.00884. The third-order valence-electron chi connectivity index (χ3n) is 3.03. The van der Waals surface area contributed by atoms with Crippen LogP contribution in [0, 0.1) is 0 Å². The fourth-order valence-corrected chi connectivity index (χ4v) is 4.17. The van der Waals surface area contributed by atoms with Crippen LogP contribution < -0.4 is 5.56 Å². The standard InChI is InChI=1S/C13H8N4OSe/c18-13-9-3-1-2-4-12(9)19-17(13)8-5-6-10-11(7-8)15-16-14-10/h1-7H,(H,14,15,16). The van der Waals surface area contributed by atoms with Crippen molar-refractivity contribution in [1.82, 2.24) is 19.0 Å². The van der Waals surface area contributed by atoms with Crippen LogP contribution in [0.4, 0.5) is 0 Å². The van der Waals surface area contributed by atoms with E-state index in [-0.39, 0.29) is 20.3 Å². The number of hydrogen-bond acceptors (Lipinski definition) is 3. The van der Waals surface area contributed by atoms with E-state index in [9.17, 15) is 4.79 Å². The van der Waals surface area contributed by atoms with Crippen molar-refractivity contribution in [3.05, 3.63) is 52.8 Å². The van der Waals surface area contributed by atoms with Gasteiger partial charge in [0.1, 0.15) is 0 Å². The SMILES string of the molecule is O=c1c2ccccc2[se]n1-c1ccc2n[nH]nc2c1. The number of nitrogens with one attached hydrogen (secondary N) is 1. The Hall–Kier alpha value is -2.17. The summed E-state index contributed by atoms with van der Waals surface area (Å²) in [5, 5.41) is 11.5. The van der Waals surface area contributed by atoms with Crippen LogP contribution in [0.5, 0.6) is 0 Å². The molecule has 0 aliphatic carbocycles. The van der Waals surface area contributed by atoms with Crippen molar-refractivity contribution >= 4 is 35.4 Å². The molecule has 2 aromatic carbocycles. The van der Waals surface area contributed by atoms with Gasteiger partial charge in [-0.1, -0.05) is 0 Å². The van der Waals surface area contributed by atoms with Gasteiger partial charge in [-0.15, -0.1) is 0 Å². The van der Waals surface area contributed by atoms with E-state index in [1.807, 2.05) is 46.0 Å². The number of benzene rings is 2. The fourth-order valence-electron chi connectivity index (χ4n) is 2.10. The Morgan fingerprint density at radius 2 is 1.89 bits per heavy atom. The van der Waals surface area contributed by atoms with Gasteiger partial charge in [0.15, 0.2) is 0 Å². The third-order valence-corrected chi connectivity index (χ3v) is 5.36. The fraction of sp³-hybridized carbons (Fsp3) is 0. The van der Waals surface area contributed by atoms with Crippen molar-refractivity contribution in [2.45, 2.75) is 0 Å². The first-order valence-electron chi connectivity index (χ1n) is 5.75. The Balaban J connectivity index is 2.03. The van der Waals surface area contributed by atoms with E-state index in [2.05, 4.69) is 15.4 Å². The molecule has 0 aliphatic heterocycles. The van der Waals surface area contributed by atoms with Crippen molar-refractivity contribution in [2.75, 3.05) is 0 Å². The molecule has 0 saturated carbocycles. The summed E-state index contributed by atoms with van der Waals surface area (Å²) < 4.78 is 2.95. The predicted molar refractivity (Wildman–Crippen MR) is 73.9 cm³/mol. The Kier molecular flexibility index (Phi) is 2.21. The summed E-state index contributed by atoms with van der Waals surface area (Å²) in [6.07, 6.45) is 0. The first-order chi connectivity index (χ1) is 9.33. The van der Waals surface area contributed by atoms with Gasteiger partial charge in [-0.05, 0) is 0 Å². The number of fused-ring (bicyclic) bond motifs is 2. The van der Waals surface area contributed by atoms with Crippen molar-refractivity contribution in [2.24, 2.45) is 0 Å². The van der Waals surface area contributed by atoms with E-state index in [0.717, 1.165) is 26.4 Å². The Labute approximate surface area is 113 Å². The predicted octanol–water partition coefficient (Wildman–Crippen LogP) is 1.32. The van der Waals surface area contributed by atoms with E-state index in [4.69, 9.17) is 0 Å². The maximum absolute atomic E-state index is 12.4. The topological polar surface area (TPSA) is 63.6 Å². The van der Waals surface area contributed by atoms with Crippen LogP contribution in [-0.2, 0) is 0 Å². The number of aromatic nitrogens is 4. The third kappa shape index (κ3) is 1.58. The molecule has 2 aromatic heterocycles. The van der Waals surface area contributed by atoms with Gasteiger partial charge in [-0.3, -0.25) is 0 Å². The molecule has 1 N–H and O–H groups in total. The zero-order valence-electron chi connectivity index (χ0n) is 9.70. The molecule has 0 aliphatic rings. The maximum atomic E-state index is 12.4. The Morgan fingerprint density at radius 3 is 2.79 bits per heavy atom. The van der Waals surface area contributed by atoms with E-state index < -0.39 is 0 Å². The summed E-state index contributed by atoms with van der Waals surface area (Å²) in [5.41, 5.74) is 2.53. The molecular formula is C13H8N4OSe. The second-order valence-corrected chi connectivity index (χ2v) is 6.26.